The number of aromatic nitrogens is 1. The van der Waals surface area contributed by atoms with Gasteiger partial charge in [-0.3, -0.25) is 9.78 Å². The number of pyridine rings is 1. The van der Waals surface area contributed by atoms with Crippen molar-refractivity contribution in [3.8, 4) is 0 Å². The van der Waals surface area contributed by atoms with Crippen LogP contribution in [0.5, 0.6) is 0 Å². The Bertz CT molecular complexity index is 843. The number of carbonyl (C=O) groups excluding carboxylic acids is 1. The SMILES string of the molecule is CCN(CC)S(=O)(=O)c1ccc(/C=C/C(=O)NCc2cccnc2)cc1. The maximum Gasteiger partial charge on any atom is 0.244 e. The van der Waals surface area contributed by atoms with Crippen LogP contribution >= 0.6 is 0 Å². The monoisotopic (exact) mass is 373 g/mol. The molecule has 1 aromatic carbocycles. The molecule has 1 aromatic heterocycles. The van der Waals surface area contributed by atoms with Crippen molar-refractivity contribution in [2.45, 2.75) is 25.3 Å². The van der Waals surface area contributed by atoms with E-state index in [2.05, 4.69) is 10.3 Å². The zero-order chi connectivity index (χ0) is 19.0. The van der Waals surface area contributed by atoms with Crippen LogP contribution in [0.4, 0.5) is 0 Å². The van der Waals surface area contributed by atoms with Gasteiger partial charge in [0.05, 0.1) is 4.90 Å². The predicted octanol–water partition coefficient (Wildman–Crippen LogP) is 2.44. The standard InChI is InChI=1S/C19H23N3O3S/c1-3-22(4-2)26(24,25)18-10-7-16(8-11-18)9-12-19(23)21-15-17-6-5-13-20-14-17/h5-14H,3-4,15H2,1-2H3,(H,21,23)/b12-9+. The molecule has 1 amide bonds. The third-order valence-corrected chi connectivity index (χ3v) is 5.90. The lowest BCUT2D eigenvalue weighted by Crippen LogP contribution is -2.30. The van der Waals surface area contributed by atoms with Gasteiger partial charge in [0.2, 0.25) is 15.9 Å². The van der Waals surface area contributed by atoms with Gasteiger partial charge in [0.1, 0.15) is 0 Å². The summed E-state index contributed by atoms with van der Waals surface area (Å²) in [5.74, 6) is -0.228. The maximum atomic E-state index is 12.4. The number of amides is 1. The molecule has 2 aromatic rings. The molecule has 138 valence electrons. The Balaban J connectivity index is 1.98. The van der Waals surface area contributed by atoms with Gasteiger partial charge in [-0.1, -0.05) is 32.0 Å². The average molecular weight is 373 g/mol. The number of hydrogen-bond donors (Lipinski definition) is 1. The van der Waals surface area contributed by atoms with E-state index in [-0.39, 0.29) is 10.8 Å². The summed E-state index contributed by atoms with van der Waals surface area (Å²) in [6, 6.07) is 10.2. The fraction of sp³-hybridized carbons (Fsp3) is 0.263. The number of hydrogen-bond acceptors (Lipinski definition) is 4. The smallest absolute Gasteiger partial charge is 0.244 e. The molecule has 1 N–H and O–H groups in total. The first-order valence-electron chi connectivity index (χ1n) is 8.42. The second-order valence-electron chi connectivity index (χ2n) is 5.57. The first-order chi connectivity index (χ1) is 12.5. The lowest BCUT2D eigenvalue weighted by molar-refractivity contribution is -0.116. The fourth-order valence-electron chi connectivity index (χ4n) is 2.39. The number of rotatable bonds is 8. The summed E-state index contributed by atoms with van der Waals surface area (Å²) in [4.78, 5) is 16.1. The minimum atomic E-state index is -3.46. The van der Waals surface area contributed by atoms with E-state index in [0.29, 0.717) is 19.6 Å². The molecule has 0 saturated carbocycles. The van der Waals surface area contributed by atoms with Crippen molar-refractivity contribution >= 4 is 22.0 Å². The largest absolute Gasteiger partial charge is 0.348 e. The van der Waals surface area contributed by atoms with Crippen LogP contribution < -0.4 is 5.32 Å². The van der Waals surface area contributed by atoms with Gasteiger partial charge in [-0.2, -0.15) is 4.31 Å². The zero-order valence-electron chi connectivity index (χ0n) is 14.9. The molecule has 1 heterocycles. The number of benzene rings is 1. The quantitative estimate of drug-likeness (QED) is 0.721. The molecule has 0 aliphatic carbocycles. The van der Waals surface area contributed by atoms with Gasteiger partial charge in [0.15, 0.2) is 0 Å². The van der Waals surface area contributed by atoms with Gasteiger partial charge in [-0.15, -0.1) is 0 Å². The number of carbonyl (C=O) groups is 1. The molecule has 0 radical (unpaired) electrons. The number of nitrogens with one attached hydrogen (secondary N) is 1. The highest BCUT2D eigenvalue weighted by molar-refractivity contribution is 7.89. The first-order valence-corrected chi connectivity index (χ1v) is 9.86. The van der Waals surface area contributed by atoms with Gasteiger partial charge in [-0.25, -0.2) is 8.42 Å². The van der Waals surface area contributed by atoms with E-state index in [1.807, 2.05) is 26.0 Å². The summed E-state index contributed by atoms with van der Waals surface area (Å²) in [5.41, 5.74) is 1.67. The van der Waals surface area contributed by atoms with Crippen molar-refractivity contribution in [2.75, 3.05) is 13.1 Å². The molecular formula is C19H23N3O3S. The molecule has 26 heavy (non-hydrogen) atoms. The Hall–Kier alpha value is -2.51. The second-order valence-corrected chi connectivity index (χ2v) is 7.51. The van der Waals surface area contributed by atoms with Crippen LogP contribution in [0.2, 0.25) is 0 Å². The average Bonchev–Trinajstić information content (AvgIpc) is 2.66. The van der Waals surface area contributed by atoms with Crippen LogP contribution in [0.3, 0.4) is 0 Å². The van der Waals surface area contributed by atoms with Crippen molar-refractivity contribution in [3.63, 3.8) is 0 Å². The number of nitrogens with zero attached hydrogens (tertiary/aromatic N) is 2. The minimum absolute atomic E-state index is 0.228. The van der Waals surface area contributed by atoms with E-state index in [0.717, 1.165) is 11.1 Å². The second kappa shape index (κ2) is 9.26. The van der Waals surface area contributed by atoms with Crippen molar-refractivity contribution < 1.29 is 13.2 Å². The van der Waals surface area contributed by atoms with E-state index in [1.54, 1.807) is 42.7 Å². The highest BCUT2D eigenvalue weighted by Crippen LogP contribution is 2.16. The summed E-state index contributed by atoms with van der Waals surface area (Å²) >= 11 is 0. The van der Waals surface area contributed by atoms with Gasteiger partial charge >= 0.3 is 0 Å². The molecule has 6 nitrogen and oxygen atoms in total. The summed E-state index contributed by atoms with van der Waals surface area (Å²) < 4.78 is 26.3. The van der Waals surface area contributed by atoms with Gasteiger partial charge < -0.3 is 5.32 Å². The molecule has 2 rings (SSSR count). The Morgan fingerprint density at radius 1 is 1.15 bits per heavy atom. The van der Waals surface area contributed by atoms with Crippen LogP contribution in [-0.2, 0) is 21.4 Å². The minimum Gasteiger partial charge on any atom is -0.348 e. The molecule has 7 heteroatoms. The van der Waals surface area contributed by atoms with Crippen molar-refractivity contribution in [3.05, 3.63) is 66.0 Å². The summed E-state index contributed by atoms with van der Waals surface area (Å²) in [6.07, 6.45) is 6.44. The normalized spacial score (nSPS) is 11.8. The summed E-state index contributed by atoms with van der Waals surface area (Å²) in [7, 11) is -3.46. The Kier molecular flexibility index (Phi) is 7.06. The Morgan fingerprint density at radius 3 is 2.42 bits per heavy atom. The molecule has 0 fully saturated rings. The van der Waals surface area contributed by atoms with Gasteiger partial charge in [0.25, 0.3) is 0 Å². The van der Waals surface area contributed by atoms with Gasteiger partial charge in [-0.05, 0) is 35.4 Å². The van der Waals surface area contributed by atoms with Crippen molar-refractivity contribution in [2.24, 2.45) is 0 Å². The fourth-order valence-corrected chi connectivity index (χ4v) is 3.84. The van der Waals surface area contributed by atoms with Crippen LogP contribution in [0.25, 0.3) is 6.08 Å². The highest BCUT2D eigenvalue weighted by Gasteiger charge is 2.20. The van der Waals surface area contributed by atoms with E-state index in [4.69, 9.17) is 0 Å². The Morgan fingerprint density at radius 2 is 1.85 bits per heavy atom. The molecule has 0 bridgehead atoms. The molecule has 0 aliphatic heterocycles. The van der Waals surface area contributed by atoms with Crippen LogP contribution in [0.1, 0.15) is 25.0 Å². The Labute approximate surface area is 154 Å². The van der Waals surface area contributed by atoms with E-state index in [9.17, 15) is 13.2 Å². The van der Waals surface area contributed by atoms with Crippen LogP contribution in [-0.4, -0.2) is 36.7 Å². The molecule has 0 spiro atoms. The highest BCUT2D eigenvalue weighted by atomic mass is 32.2. The lowest BCUT2D eigenvalue weighted by atomic mass is 10.2. The van der Waals surface area contributed by atoms with Gasteiger partial charge in [0, 0.05) is 38.1 Å². The van der Waals surface area contributed by atoms with E-state index >= 15 is 0 Å². The van der Waals surface area contributed by atoms with Crippen molar-refractivity contribution in [1.82, 2.24) is 14.6 Å². The molecule has 0 unspecified atom stereocenters. The third kappa shape index (κ3) is 5.24. The van der Waals surface area contributed by atoms with E-state index in [1.165, 1.54) is 10.4 Å². The van der Waals surface area contributed by atoms with Crippen LogP contribution in [0.15, 0.2) is 59.8 Å². The third-order valence-electron chi connectivity index (χ3n) is 3.84. The maximum absolute atomic E-state index is 12.4. The van der Waals surface area contributed by atoms with Crippen LogP contribution in [0, 0.1) is 0 Å². The van der Waals surface area contributed by atoms with E-state index < -0.39 is 10.0 Å². The molecule has 0 atom stereocenters. The topological polar surface area (TPSA) is 79.4 Å². The predicted molar refractivity (Wildman–Crippen MR) is 102 cm³/mol. The molecule has 0 saturated heterocycles. The zero-order valence-corrected chi connectivity index (χ0v) is 15.7. The molecule has 0 aliphatic rings. The summed E-state index contributed by atoms with van der Waals surface area (Å²) in [6.45, 7) is 4.87. The summed E-state index contributed by atoms with van der Waals surface area (Å²) in [5, 5.41) is 2.77. The first kappa shape index (κ1) is 19.8. The molecular weight excluding hydrogens is 350 g/mol. The van der Waals surface area contributed by atoms with Crippen molar-refractivity contribution in [1.29, 1.82) is 0 Å². The lowest BCUT2D eigenvalue weighted by Gasteiger charge is -2.18. The number of sulfonamides is 1.